The molecule has 1 nitrogen and oxygen atoms in total. The molecule has 1 saturated carbocycles. The second kappa shape index (κ2) is 4.96. The lowest BCUT2D eigenvalue weighted by Crippen LogP contribution is -2.60. The van der Waals surface area contributed by atoms with Crippen LogP contribution in [0.25, 0.3) is 11.1 Å². The summed E-state index contributed by atoms with van der Waals surface area (Å²) < 4.78 is 0. The number of fused-ring (bicyclic) bond motifs is 3. The van der Waals surface area contributed by atoms with Gasteiger partial charge in [-0.25, -0.2) is 0 Å². The Balaban J connectivity index is 1.64. The molecule has 0 N–H and O–H groups in total. The van der Waals surface area contributed by atoms with E-state index in [2.05, 4.69) is 73.5 Å². The van der Waals surface area contributed by atoms with Crippen molar-refractivity contribution in [1.82, 2.24) is 4.90 Å². The van der Waals surface area contributed by atoms with Crippen LogP contribution >= 0.6 is 0 Å². The number of hydrogen-bond donors (Lipinski definition) is 0. The zero-order valence-corrected chi connectivity index (χ0v) is 13.7. The van der Waals surface area contributed by atoms with Crippen LogP contribution in [0, 0.1) is 0 Å². The summed E-state index contributed by atoms with van der Waals surface area (Å²) in [7, 11) is 2.31. The molecule has 0 spiro atoms. The summed E-state index contributed by atoms with van der Waals surface area (Å²) in [5.74, 6) is 0. The summed E-state index contributed by atoms with van der Waals surface area (Å²) in [4.78, 5) is 2.60. The minimum Gasteiger partial charge on any atom is -0.300 e. The van der Waals surface area contributed by atoms with Crippen LogP contribution in [0.2, 0.25) is 0 Å². The van der Waals surface area contributed by atoms with E-state index < -0.39 is 0 Å². The average Bonchev–Trinajstić information content (AvgIpc) is 2.58. The smallest absolute Gasteiger partial charge is 0.0179 e. The molecule has 0 unspecified atom stereocenters. The summed E-state index contributed by atoms with van der Waals surface area (Å²) in [5.41, 5.74) is 5.02. The van der Waals surface area contributed by atoms with E-state index >= 15 is 0 Å². The Bertz CT molecular complexity index is 648. The molecule has 1 heteroatoms. The molecule has 3 fully saturated rings. The third kappa shape index (κ3) is 2.11. The Morgan fingerprint density at radius 2 is 1.36 bits per heavy atom. The van der Waals surface area contributed by atoms with E-state index in [0.29, 0.717) is 11.0 Å². The fourth-order valence-corrected chi connectivity index (χ4v) is 4.48. The first-order valence-corrected chi connectivity index (χ1v) is 8.49. The molecular weight excluding hydrogens is 266 g/mol. The van der Waals surface area contributed by atoms with Gasteiger partial charge in [-0.2, -0.15) is 0 Å². The maximum Gasteiger partial charge on any atom is 0.0179 e. The minimum absolute atomic E-state index is 0.391. The van der Waals surface area contributed by atoms with Crippen LogP contribution in [0.1, 0.15) is 38.2 Å². The predicted molar refractivity (Wildman–Crippen MR) is 93.1 cm³/mol. The van der Waals surface area contributed by atoms with E-state index in [-0.39, 0.29) is 0 Å². The number of rotatable bonds is 2. The Labute approximate surface area is 134 Å². The van der Waals surface area contributed by atoms with E-state index in [9.17, 15) is 0 Å². The molecule has 22 heavy (non-hydrogen) atoms. The highest BCUT2D eigenvalue weighted by molar-refractivity contribution is 5.63. The van der Waals surface area contributed by atoms with Crippen LogP contribution in [-0.4, -0.2) is 24.0 Å². The van der Waals surface area contributed by atoms with Crippen LogP contribution in [0.15, 0.2) is 54.6 Å². The Morgan fingerprint density at radius 1 is 0.773 bits per heavy atom. The monoisotopic (exact) mass is 291 g/mol. The first kappa shape index (κ1) is 14.0. The SMILES string of the molecule is CN1CC2(c3ccc(-c4ccccc4)cc3)CCC1(C)CC2. The normalized spacial score (nSPS) is 31.4. The van der Waals surface area contributed by atoms with Crippen LogP contribution in [0.4, 0.5) is 0 Å². The zero-order valence-electron chi connectivity index (χ0n) is 13.7. The maximum atomic E-state index is 2.60. The Kier molecular flexibility index (Phi) is 3.16. The van der Waals surface area contributed by atoms with Gasteiger partial charge in [0.15, 0.2) is 0 Å². The van der Waals surface area contributed by atoms with Gasteiger partial charge in [-0.1, -0.05) is 54.6 Å². The molecule has 2 bridgehead atoms. The molecule has 0 atom stereocenters. The minimum atomic E-state index is 0.391. The van der Waals surface area contributed by atoms with Crippen molar-refractivity contribution in [2.24, 2.45) is 0 Å². The van der Waals surface area contributed by atoms with Crippen molar-refractivity contribution in [3.8, 4) is 11.1 Å². The van der Waals surface area contributed by atoms with Gasteiger partial charge in [0.05, 0.1) is 0 Å². The number of hydrogen-bond acceptors (Lipinski definition) is 1. The van der Waals surface area contributed by atoms with E-state index in [1.807, 2.05) is 0 Å². The topological polar surface area (TPSA) is 3.24 Å². The van der Waals surface area contributed by atoms with Crippen molar-refractivity contribution in [3.05, 3.63) is 60.2 Å². The molecule has 1 aliphatic carbocycles. The summed E-state index contributed by atoms with van der Waals surface area (Å²) >= 11 is 0. The van der Waals surface area contributed by atoms with Gasteiger partial charge in [0.25, 0.3) is 0 Å². The first-order valence-electron chi connectivity index (χ1n) is 8.49. The average molecular weight is 291 g/mol. The molecule has 114 valence electrons. The molecule has 2 aliphatic heterocycles. The largest absolute Gasteiger partial charge is 0.300 e. The standard InChI is InChI=1S/C21H25N/c1-20-12-14-21(15-13-20,16-22(20)2)19-10-8-18(9-11-19)17-6-4-3-5-7-17/h3-11H,12-16H2,1-2H3. The van der Waals surface area contributed by atoms with Gasteiger partial charge in [0.2, 0.25) is 0 Å². The van der Waals surface area contributed by atoms with Crippen molar-refractivity contribution in [2.45, 2.75) is 43.6 Å². The fourth-order valence-electron chi connectivity index (χ4n) is 4.48. The second-order valence-electron chi connectivity index (χ2n) is 7.58. The van der Waals surface area contributed by atoms with Gasteiger partial charge in [-0.05, 0) is 56.3 Å². The van der Waals surface area contributed by atoms with Crippen molar-refractivity contribution in [1.29, 1.82) is 0 Å². The lowest BCUT2D eigenvalue weighted by atomic mass is 9.60. The van der Waals surface area contributed by atoms with Gasteiger partial charge < -0.3 is 4.90 Å². The summed E-state index contributed by atoms with van der Waals surface area (Å²) in [6.45, 7) is 3.66. The first-order chi connectivity index (χ1) is 10.6. The van der Waals surface area contributed by atoms with Crippen LogP contribution in [-0.2, 0) is 5.41 Å². The Hall–Kier alpha value is -1.60. The third-order valence-corrected chi connectivity index (χ3v) is 6.35. The molecule has 2 saturated heterocycles. The number of benzene rings is 2. The molecule has 5 rings (SSSR count). The summed E-state index contributed by atoms with van der Waals surface area (Å²) in [6, 6.07) is 20.0. The highest BCUT2D eigenvalue weighted by Crippen LogP contribution is 2.50. The highest BCUT2D eigenvalue weighted by atomic mass is 15.2. The molecule has 0 radical (unpaired) electrons. The molecule has 2 heterocycles. The van der Waals surface area contributed by atoms with E-state index in [1.54, 1.807) is 5.56 Å². The highest BCUT2D eigenvalue weighted by Gasteiger charge is 2.49. The van der Waals surface area contributed by atoms with Crippen molar-refractivity contribution >= 4 is 0 Å². The molecular formula is C21H25N. The van der Waals surface area contributed by atoms with Crippen LogP contribution in [0.5, 0.6) is 0 Å². The van der Waals surface area contributed by atoms with Gasteiger partial charge >= 0.3 is 0 Å². The molecule has 0 aromatic heterocycles. The van der Waals surface area contributed by atoms with E-state index in [0.717, 1.165) is 0 Å². The number of likely N-dealkylation sites (N-methyl/N-ethyl adjacent to an activating group) is 1. The van der Waals surface area contributed by atoms with Crippen LogP contribution in [0.3, 0.4) is 0 Å². The Morgan fingerprint density at radius 3 is 1.95 bits per heavy atom. The van der Waals surface area contributed by atoms with E-state index in [1.165, 1.54) is 43.4 Å². The molecule has 2 aromatic rings. The second-order valence-corrected chi connectivity index (χ2v) is 7.58. The number of piperidine rings is 2. The van der Waals surface area contributed by atoms with Gasteiger partial charge in [0.1, 0.15) is 0 Å². The third-order valence-electron chi connectivity index (χ3n) is 6.35. The fraction of sp³-hybridized carbons (Fsp3) is 0.429. The van der Waals surface area contributed by atoms with Gasteiger partial charge in [0, 0.05) is 17.5 Å². The molecule has 3 aliphatic rings. The summed E-state index contributed by atoms with van der Waals surface area (Å²) in [6.07, 6.45) is 5.37. The zero-order chi connectivity index (χ0) is 15.2. The van der Waals surface area contributed by atoms with Gasteiger partial charge in [-0.15, -0.1) is 0 Å². The van der Waals surface area contributed by atoms with Crippen molar-refractivity contribution in [3.63, 3.8) is 0 Å². The lowest BCUT2D eigenvalue weighted by molar-refractivity contribution is -0.0221. The van der Waals surface area contributed by atoms with Crippen molar-refractivity contribution < 1.29 is 0 Å². The quantitative estimate of drug-likeness (QED) is 0.763. The number of nitrogens with zero attached hydrogens (tertiary/aromatic N) is 1. The summed E-state index contributed by atoms with van der Waals surface area (Å²) in [5, 5.41) is 0. The molecule has 2 aromatic carbocycles. The molecule has 0 amide bonds. The predicted octanol–water partition coefficient (Wildman–Crippen LogP) is 4.87. The maximum absolute atomic E-state index is 2.60. The van der Waals surface area contributed by atoms with Crippen LogP contribution < -0.4 is 0 Å². The van der Waals surface area contributed by atoms with E-state index in [4.69, 9.17) is 0 Å². The van der Waals surface area contributed by atoms with Gasteiger partial charge in [-0.3, -0.25) is 0 Å². The lowest BCUT2D eigenvalue weighted by Gasteiger charge is -2.58. The van der Waals surface area contributed by atoms with Crippen molar-refractivity contribution in [2.75, 3.05) is 13.6 Å².